The summed E-state index contributed by atoms with van der Waals surface area (Å²) >= 11 is 0. The van der Waals surface area contributed by atoms with Crippen LogP contribution < -0.4 is 4.74 Å². The van der Waals surface area contributed by atoms with E-state index in [0.717, 1.165) is 5.52 Å². The van der Waals surface area contributed by atoms with Gasteiger partial charge in [-0.25, -0.2) is 14.4 Å². The van der Waals surface area contributed by atoms with Crippen molar-refractivity contribution >= 4 is 11.4 Å². The Morgan fingerprint density at radius 3 is 2.84 bits per heavy atom. The Bertz CT molecular complexity index is 903. The monoisotopic (exact) mass is 340 g/mol. The van der Waals surface area contributed by atoms with Gasteiger partial charge in [-0.3, -0.25) is 4.79 Å². The number of halogens is 1. The second kappa shape index (κ2) is 6.51. The summed E-state index contributed by atoms with van der Waals surface area (Å²) in [5.74, 6) is -0.537. The molecule has 0 spiro atoms. The van der Waals surface area contributed by atoms with E-state index in [4.69, 9.17) is 4.74 Å². The molecule has 0 aromatic carbocycles. The van der Waals surface area contributed by atoms with Gasteiger partial charge in [0.2, 0.25) is 0 Å². The molecule has 3 aromatic rings. The van der Waals surface area contributed by atoms with E-state index in [-0.39, 0.29) is 17.9 Å². The van der Waals surface area contributed by atoms with Crippen LogP contribution in [0.25, 0.3) is 5.52 Å². The summed E-state index contributed by atoms with van der Waals surface area (Å²) < 4.78 is 21.1. The van der Waals surface area contributed by atoms with Gasteiger partial charge in [0, 0.05) is 43.8 Å². The van der Waals surface area contributed by atoms with E-state index in [1.807, 2.05) is 22.7 Å². The maximum absolute atomic E-state index is 13.6. The smallest absolute Gasteiger partial charge is 0.272 e. The van der Waals surface area contributed by atoms with Crippen LogP contribution in [0.5, 0.6) is 5.88 Å². The first-order valence-corrected chi connectivity index (χ1v) is 8.20. The zero-order chi connectivity index (χ0) is 17.2. The summed E-state index contributed by atoms with van der Waals surface area (Å²) in [7, 11) is 0. The molecule has 4 heterocycles. The van der Waals surface area contributed by atoms with Gasteiger partial charge in [0.15, 0.2) is 5.82 Å². The number of aromatic nitrogens is 3. The van der Waals surface area contributed by atoms with Crippen molar-refractivity contribution in [3.05, 3.63) is 60.6 Å². The number of carbonyl (C=O) groups excluding carboxylic acids is 1. The van der Waals surface area contributed by atoms with Crippen LogP contribution in [0.15, 0.2) is 49.1 Å². The predicted molar refractivity (Wildman–Crippen MR) is 88.9 cm³/mol. The fraction of sp³-hybridized carbons (Fsp3) is 0.278. The Balaban J connectivity index is 1.39. The third-order valence-corrected chi connectivity index (χ3v) is 4.37. The number of hydrogen-bond donors (Lipinski definition) is 0. The van der Waals surface area contributed by atoms with Crippen LogP contribution in [0.4, 0.5) is 4.39 Å². The first kappa shape index (κ1) is 15.6. The predicted octanol–water partition coefficient (Wildman–Crippen LogP) is 2.55. The topological polar surface area (TPSA) is 59.7 Å². The lowest BCUT2D eigenvalue weighted by molar-refractivity contribution is 0.0574. The van der Waals surface area contributed by atoms with Crippen LogP contribution in [0.2, 0.25) is 0 Å². The number of carbonyl (C=O) groups is 1. The summed E-state index contributed by atoms with van der Waals surface area (Å²) in [5, 5.41) is 0. The Hall–Kier alpha value is -2.96. The molecule has 25 heavy (non-hydrogen) atoms. The maximum atomic E-state index is 13.6. The van der Waals surface area contributed by atoms with Gasteiger partial charge in [0.05, 0.1) is 6.33 Å². The van der Waals surface area contributed by atoms with Crippen molar-refractivity contribution in [2.75, 3.05) is 13.1 Å². The molecule has 128 valence electrons. The number of hydrogen-bond acceptors (Lipinski definition) is 4. The number of fused-ring (bicyclic) bond motifs is 1. The number of piperidine rings is 1. The number of pyridine rings is 1. The largest absolute Gasteiger partial charge is 0.472 e. The van der Waals surface area contributed by atoms with E-state index >= 15 is 0 Å². The molecule has 1 fully saturated rings. The second-order valence-corrected chi connectivity index (χ2v) is 6.01. The van der Waals surface area contributed by atoms with Gasteiger partial charge in [0.1, 0.15) is 11.8 Å². The quantitative estimate of drug-likeness (QED) is 0.735. The highest BCUT2D eigenvalue weighted by Gasteiger charge is 2.26. The minimum absolute atomic E-state index is 0.0210. The Labute approximate surface area is 143 Å². The molecule has 4 rings (SSSR count). The van der Waals surface area contributed by atoms with Crippen LogP contribution in [0.3, 0.4) is 0 Å². The molecule has 7 heteroatoms. The fourth-order valence-corrected chi connectivity index (χ4v) is 3.01. The highest BCUT2D eigenvalue weighted by Crippen LogP contribution is 2.20. The molecule has 1 saturated heterocycles. The number of nitrogens with zero attached hydrogens (tertiary/aromatic N) is 4. The highest BCUT2D eigenvalue weighted by molar-refractivity contribution is 5.93. The van der Waals surface area contributed by atoms with E-state index < -0.39 is 5.82 Å². The molecule has 0 saturated carbocycles. The lowest BCUT2D eigenvalue weighted by Gasteiger charge is -2.31. The summed E-state index contributed by atoms with van der Waals surface area (Å²) in [6, 6.07) is 8.47. The van der Waals surface area contributed by atoms with E-state index in [1.165, 1.54) is 18.3 Å². The van der Waals surface area contributed by atoms with Crippen molar-refractivity contribution in [3.8, 4) is 5.88 Å². The zero-order valence-corrected chi connectivity index (χ0v) is 13.5. The van der Waals surface area contributed by atoms with E-state index in [2.05, 4.69) is 9.97 Å². The summed E-state index contributed by atoms with van der Waals surface area (Å²) in [6.07, 6.45) is 6.15. The number of amides is 1. The summed E-state index contributed by atoms with van der Waals surface area (Å²) in [5.41, 5.74) is 1.36. The van der Waals surface area contributed by atoms with Crippen molar-refractivity contribution in [1.29, 1.82) is 0 Å². The second-order valence-electron chi connectivity index (χ2n) is 6.01. The fourth-order valence-electron chi connectivity index (χ4n) is 3.01. The molecule has 1 amide bonds. The minimum Gasteiger partial charge on any atom is -0.472 e. The van der Waals surface area contributed by atoms with Gasteiger partial charge in [-0.2, -0.15) is 0 Å². The lowest BCUT2D eigenvalue weighted by Crippen LogP contribution is -2.42. The van der Waals surface area contributed by atoms with E-state index in [1.54, 1.807) is 17.3 Å². The van der Waals surface area contributed by atoms with Crippen LogP contribution in [0.1, 0.15) is 23.3 Å². The van der Waals surface area contributed by atoms with Crippen LogP contribution in [-0.2, 0) is 0 Å². The first-order valence-electron chi connectivity index (χ1n) is 8.20. The third-order valence-electron chi connectivity index (χ3n) is 4.37. The average molecular weight is 340 g/mol. The molecule has 1 aliphatic rings. The highest BCUT2D eigenvalue weighted by atomic mass is 19.1. The molecule has 0 bridgehead atoms. The number of ether oxygens (including phenoxy) is 1. The van der Waals surface area contributed by atoms with Gasteiger partial charge < -0.3 is 14.0 Å². The summed E-state index contributed by atoms with van der Waals surface area (Å²) in [6.45, 7) is 1.09. The Morgan fingerprint density at radius 1 is 1.20 bits per heavy atom. The van der Waals surface area contributed by atoms with Gasteiger partial charge in [-0.1, -0.05) is 0 Å². The molecule has 0 atom stereocenters. The molecule has 1 aliphatic heterocycles. The van der Waals surface area contributed by atoms with Crippen LogP contribution >= 0.6 is 0 Å². The molecule has 0 N–H and O–H groups in total. The van der Waals surface area contributed by atoms with Gasteiger partial charge in [-0.05, 0) is 30.3 Å². The van der Waals surface area contributed by atoms with Gasteiger partial charge >= 0.3 is 0 Å². The van der Waals surface area contributed by atoms with Crippen molar-refractivity contribution in [1.82, 2.24) is 19.3 Å². The molecular weight excluding hydrogens is 323 g/mol. The molecule has 0 aliphatic carbocycles. The Kier molecular flexibility index (Phi) is 4.05. The van der Waals surface area contributed by atoms with Crippen molar-refractivity contribution < 1.29 is 13.9 Å². The molecule has 0 unspecified atom stereocenters. The molecule has 6 nitrogen and oxygen atoms in total. The van der Waals surface area contributed by atoms with Crippen molar-refractivity contribution in [2.45, 2.75) is 18.9 Å². The minimum atomic E-state index is -0.467. The van der Waals surface area contributed by atoms with Crippen molar-refractivity contribution in [3.63, 3.8) is 0 Å². The lowest BCUT2D eigenvalue weighted by atomic mass is 10.1. The number of rotatable bonds is 3. The Morgan fingerprint density at radius 2 is 2.04 bits per heavy atom. The maximum Gasteiger partial charge on any atom is 0.272 e. The van der Waals surface area contributed by atoms with Crippen LogP contribution in [-0.4, -0.2) is 44.4 Å². The average Bonchev–Trinajstić information content (AvgIpc) is 3.11. The van der Waals surface area contributed by atoms with Gasteiger partial charge in [0.25, 0.3) is 11.8 Å². The molecule has 0 radical (unpaired) electrons. The van der Waals surface area contributed by atoms with Crippen LogP contribution in [0, 0.1) is 5.82 Å². The van der Waals surface area contributed by atoms with Crippen molar-refractivity contribution in [2.24, 2.45) is 0 Å². The third kappa shape index (κ3) is 3.17. The first-order chi connectivity index (χ1) is 12.2. The van der Waals surface area contributed by atoms with E-state index in [0.29, 0.717) is 31.6 Å². The number of likely N-dealkylation sites (tertiary alicyclic amines) is 1. The normalized spacial score (nSPS) is 15.5. The van der Waals surface area contributed by atoms with Gasteiger partial charge in [-0.15, -0.1) is 0 Å². The summed E-state index contributed by atoms with van der Waals surface area (Å²) in [4.78, 5) is 22.5. The zero-order valence-electron chi connectivity index (χ0n) is 13.5. The molecular formula is C18H17FN4O2. The van der Waals surface area contributed by atoms with E-state index in [9.17, 15) is 9.18 Å². The molecule has 3 aromatic heterocycles. The SMILES string of the molecule is O=C(c1cc2cccn2cn1)N1CCC(Oc2ncccc2F)CC1. The standard InChI is InChI=1S/C18H17FN4O2/c19-15-4-1-7-20-17(15)25-14-5-9-22(10-6-14)18(24)16-11-13-3-2-8-23(13)12-21-16/h1-4,7-8,11-12,14H,5-6,9-10H2.